The minimum Gasteiger partial charge on any atom is -0.489 e. The molecule has 1 N–H and O–H groups in total. The summed E-state index contributed by atoms with van der Waals surface area (Å²) in [7, 11) is 0. The Balaban J connectivity index is 1.27. The van der Waals surface area contributed by atoms with Gasteiger partial charge in [0.1, 0.15) is 18.2 Å². The number of thiophene rings is 1. The number of tetrazole rings is 1. The van der Waals surface area contributed by atoms with Crippen LogP contribution in [0.3, 0.4) is 0 Å². The second-order valence-corrected chi connectivity index (χ2v) is 8.56. The van der Waals surface area contributed by atoms with Gasteiger partial charge in [-0.2, -0.15) is 0 Å². The smallest absolute Gasteiger partial charge is 0.150 e. The van der Waals surface area contributed by atoms with Gasteiger partial charge in [0.2, 0.25) is 0 Å². The van der Waals surface area contributed by atoms with Crippen LogP contribution in [0.2, 0.25) is 0 Å². The van der Waals surface area contributed by atoms with Gasteiger partial charge in [0.15, 0.2) is 0 Å². The van der Waals surface area contributed by atoms with Crippen molar-refractivity contribution in [2.75, 3.05) is 0 Å². The highest BCUT2D eigenvalue weighted by Crippen LogP contribution is 2.45. The van der Waals surface area contributed by atoms with E-state index in [0.29, 0.717) is 13.0 Å². The second kappa shape index (κ2) is 8.29. The van der Waals surface area contributed by atoms with Crippen molar-refractivity contribution in [3.8, 4) is 17.6 Å². The SMILES string of the molecule is CC#CC(Cc1nnn[nH]1)c1ccc(OCc2ccc3scc(C4CC4)c3c2)cc1. The number of aromatic nitrogens is 4. The molecule has 6 heteroatoms. The standard InChI is InChI=1S/C24H22N4OS/c1-2-3-19(13-24-25-27-28-26-24)17-7-9-20(10-8-17)29-14-16-4-11-23-21(12-16)22(15-30-23)18-5-6-18/h4,7-12,15,18-19H,5-6,13-14H2,1H3,(H,25,26,27,28). The molecule has 0 bridgehead atoms. The maximum atomic E-state index is 6.06. The van der Waals surface area contributed by atoms with Gasteiger partial charge in [0.25, 0.3) is 0 Å². The lowest BCUT2D eigenvalue weighted by molar-refractivity contribution is 0.306. The van der Waals surface area contributed by atoms with Gasteiger partial charge in [-0.15, -0.1) is 22.4 Å². The van der Waals surface area contributed by atoms with Crippen LogP contribution in [0.25, 0.3) is 10.1 Å². The molecule has 5 rings (SSSR count). The van der Waals surface area contributed by atoms with E-state index in [-0.39, 0.29) is 5.92 Å². The highest BCUT2D eigenvalue weighted by molar-refractivity contribution is 7.17. The number of benzene rings is 2. The number of hydrogen-bond donors (Lipinski definition) is 1. The molecule has 1 aliphatic rings. The molecule has 0 amide bonds. The summed E-state index contributed by atoms with van der Waals surface area (Å²) in [5.74, 6) is 8.66. The highest BCUT2D eigenvalue weighted by Gasteiger charge is 2.26. The van der Waals surface area contributed by atoms with Gasteiger partial charge in [0.05, 0.1) is 5.92 Å². The van der Waals surface area contributed by atoms with Crippen molar-refractivity contribution in [2.45, 2.75) is 44.6 Å². The van der Waals surface area contributed by atoms with Crippen LogP contribution < -0.4 is 4.74 Å². The molecule has 150 valence electrons. The Kier molecular flexibility index (Phi) is 5.20. The Morgan fingerprint density at radius 3 is 2.80 bits per heavy atom. The topological polar surface area (TPSA) is 63.7 Å². The Morgan fingerprint density at radius 1 is 1.20 bits per heavy atom. The van der Waals surface area contributed by atoms with Crippen LogP contribution in [0.5, 0.6) is 5.75 Å². The first-order valence-corrected chi connectivity index (χ1v) is 11.1. The molecule has 0 saturated heterocycles. The summed E-state index contributed by atoms with van der Waals surface area (Å²) in [6, 6.07) is 14.9. The average molecular weight is 415 g/mol. The van der Waals surface area contributed by atoms with Crippen molar-refractivity contribution in [3.63, 3.8) is 0 Å². The van der Waals surface area contributed by atoms with Crippen molar-refractivity contribution in [2.24, 2.45) is 0 Å². The van der Waals surface area contributed by atoms with Crippen LogP contribution in [-0.2, 0) is 13.0 Å². The zero-order valence-corrected chi connectivity index (χ0v) is 17.6. The Hall–Kier alpha value is -3.17. The summed E-state index contributed by atoms with van der Waals surface area (Å²) in [4.78, 5) is 0. The van der Waals surface area contributed by atoms with Gasteiger partial charge in [-0.1, -0.05) is 24.1 Å². The fourth-order valence-electron chi connectivity index (χ4n) is 3.74. The van der Waals surface area contributed by atoms with Gasteiger partial charge < -0.3 is 4.74 Å². The lowest BCUT2D eigenvalue weighted by Crippen LogP contribution is -2.03. The molecule has 30 heavy (non-hydrogen) atoms. The van der Waals surface area contributed by atoms with Gasteiger partial charge in [-0.25, -0.2) is 5.10 Å². The van der Waals surface area contributed by atoms with Crippen LogP contribution in [0.15, 0.2) is 47.8 Å². The summed E-state index contributed by atoms with van der Waals surface area (Å²) in [6.07, 6.45) is 3.31. The molecule has 0 radical (unpaired) electrons. The molecule has 4 aromatic rings. The molecular formula is C24H22N4OS. The number of H-pyrrole nitrogens is 1. The summed E-state index contributed by atoms with van der Waals surface area (Å²) in [5.41, 5.74) is 3.85. The summed E-state index contributed by atoms with van der Waals surface area (Å²) in [6.45, 7) is 2.42. The molecule has 1 atom stereocenters. The first-order chi connectivity index (χ1) is 14.8. The number of ether oxygens (including phenoxy) is 1. The third-order valence-electron chi connectivity index (χ3n) is 5.48. The van der Waals surface area contributed by atoms with Crippen molar-refractivity contribution < 1.29 is 4.74 Å². The van der Waals surface area contributed by atoms with E-state index in [4.69, 9.17) is 4.74 Å². The van der Waals surface area contributed by atoms with E-state index in [0.717, 1.165) is 23.1 Å². The van der Waals surface area contributed by atoms with Crippen molar-refractivity contribution >= 4 is 21.4 Å². The minimum atomic E-state index is 0.0423. The van der Waals surface area contributed by atoms with Gasteiger partial charge in [0, 0.05) is 11.1 Å². The van der Waals surface area contributed by atoms with Gasteiger partial charge in [-0.05, 0) is 87.8 Å². The zero-order chi connectivity index (χ0) is 20.3. The molecule has 1 unspecified atom stereocenters. The fourth-order valence-corrected chi connectivity index (χ4v) is 4.77. The summed E-state index contributed by atoms with van der Waals surface area (Å²) >= 11 is 1.85. The third kappa shape index (κ3) is 4.07. The normalized spacial score (nSPS) is 14.3. The number of nitrogens with zero attached hydrogens (tertiary/aromatic N) is 3. The lowest BCUT2D eigenvalue weighted by atomic mass is 9.96. The maximum absolute atomic E-state index is 6.06. The van der Waals surface area contributed by atoms with Crippen LogP contribution in [-0.4, -0.2) is 20.6 Å². The van der Waals surface area contributed by atoms with Crippen LogP contribution >= 0.6 is 11.3 Å². The largest absolute Gasteiger partial charge is 0.489 e. The third-order valence-corrected chi connectivity index (χ3v) is 6.46. The van der Waals surface area contributed by atoms with Crippen LogP contribution in [0, 0.1) is 11.8 Å². The molecular weight excluding hydrogens is 392 g/mol. The van der Waals surface area contributed by atoms with E-state index in [1.807, 2.05) is 30.4 Å². The van der Waals surface area contributed by atoms with Crippen molar-refractivity contribution in [1.82, 2.24) is 20.6 Å². The zero-order valence-electron chi connectivity index (χ0n) is 16.8. The van der Waals surface area contributed by atoms with E-state index < -0.39 is 0 Å². The molecule has 0 spiro atoms. The Morgan fingerprint density at radius 2 is 2.07 bits per heavy atom. The van der Waals surface area contributed by atoms with E-state index in [2.05, 4.69) is 68.2 Å². The highest BCUT2D eigenvalue weighted by atomic mass is 32.1. The molecule has 2 aromatic heterocycles. The van der Waals surface area contributed by atoms with E-state index in [1.54, 1.807) is 0 Å². The van der Waals surface area contributed by atoms with E-state index >= 15 is 0 Å². The molecule has 5 nitrogen and oxygen atoms in total. The quantitative estimate of drug-likeness (QED) is 0.421. The Labute approximate surface area is 179 Å². The molecule has 1 fully saturated rings. The first kappa shape index (κ1) is 18.8. The number of nitrogens with one attached hydrogen (secondary N) is 1. The van der Waals surface area contributed by atoms with E-state index in [9.17, 15) is 0 Å². The molecule has 1 aliphatic carbocycles. The Bertz CT molecular complexity index is 1200. The number of fused-ring (bicyclic) bond motifs is 1. The summed E-state index contributed by atoms with van der Waals surface area (Å²) in [5, 5.41) is 17.8. The lowest BCUT2D eigenvalue weighted by Gasteiger charge is -2.11. The predicted octanol–water partition coefficient (Wildman–Crippen LogP) is 5.22. The average Bonchev–Trinajstić information content (AvgIpc) is 3.32. The molecule has 2 aromatic carbocycles. The van der Waals surface area contributed by atoms with Crippen LogP contribution in [0.4, 0.5) is 0 Å². The first-order valence-electron chi connectivity index (χ1n) is 10.2. The molecule has 0 aliphatic heterocycles. The fraction of sp³-hybridized carbons (Fsp3) is 0.292. The number of aromatic amines is 1. The van der Waals surface area contributed by atoms with Gasteiger partial charge in [-0.3, -0.25) is 0 Å². The van der Waals surface area contributed by atoms with Crippen molar-refractivity contribution in [1.29, 1.82) is 0 Å². The predicted molar refractivity (Wildman–Crippen MR) is 119 cm³/mol. The molecule has 1 saturated carbocycles. The van der Waals surface area contributed by atoms with Crippen molar-refractivity contribution in [3.05, 3.63) is 70.4 Å². The van der Waals surface area contributed by atoms with E-state index in [1.165, 1.54) is 34.1 Å². The number of rotatable bonds is 7. The minimum absolute atomic E-state index is 0.0423. The maximum Gasteiger partial charge on any atom is 0.150 e. The van der Waals surface area contributed by atoms with Crippen LogP contribution in [0.1, 0.15) is 54.1 Å². The second-order valence-electron chi connectivity index (χ2n) is 7.65. The molecule has 2 heterocycles. The summed E-state index contributed by atoms with van der Waals surface area (Å²) < 4.78 is 7.43. The monoisotopic (exact) mass is 414 g/mol. The van der Waals surface area contributed by atoms with Gasteiger partial charge >= 0.3 is 0 Å². The number of hydrogen-bond acceptors (Lipinski definition) is 5.